The molecule has 0 atom stereocenters. The summed E-state index contributed by atoms with van der Waals surface area (Å²) in [6, 6.07) is 18.5. The number of amides is 1. The van der Waals surface area contributed by atoms with Gasteiger partial charge in [0, 0.05) is 61.2 Å². The van der Waals surface area contributed by atoms with Gasteiger partial charge in [0.2, 0.25) is 10.0 Å². The van der Waals surface area contributed by atoms with Crippen molar-refractivity contribution in [1.29, 1.82) is 0 Å². The number of pyridine rings is 1. The molecule has 1 fully saturated rings. The maximum atomic E-state index is 13.3. The van der Waals surface area contributed by atoms with Crippen molar-refractivity contribution in [2.75, 3.05) is 26.2 Å². The van der Waals surface area contributed by atoms with E-state index in [1.807, 2.05) is 37.4 Å². The average Bonchev–Trinajstić information content (AvgIpc) is 3.11. The number of aromatic nitrogens is 2. The Bertz CT molecular complexity index is 1390. The summed E-state index contributed by atoms with van der Waals surface area (Å²) in [5.41, 5.74) is 2.43. The van der Waals surface area contributed by atoms with E-state index in [0.29, 0.717) is 18.8 Å². The lowest BCUT2D eigenvalue weighted by molar-refractivity contribution is 0.0692. The van der Waals surface area contributed by atoms with Gasteiger partial charge in [-0.05, 0) is 36.4 Å². The molecule has 158 valence electrons. The molecule has 0 radical (unpaired) electrons. The van der Waals surface area contributed by atoms with E-state index in [1.165, 1.54) is 4.31 Å². The van der Waals surface area contributed by atoms with Crippen LogP contribution in [-0.4, -0.2) is 59.3 Å². The standard InChI is InChI=1S/C23H22N4O3S/c1-25-21-8-3-2-6-18(21)19-16-17(9-10-22(19)25)31(29,30)27-14-12-26(13-15-27)23(28)20-7-4-5-11-24-20/h2-11,16H,12-15H2,1H3. The summed E-state index contributed by atoms with van der Waals surface area (Å²) in [6.45, 7) is 1.19. The second-order valence-corrected chi connectivity index (χ2v) is 9.60. The zero-order valence-corrected chi connectivity index (χ0v) is 17.9. The number of fused-ring (bicyclic) bond motifs is 3. The molecule has 8 heteroatoms. The molecule has 7 nitrogen and oxygen atoms in total. The fraction of sp³-hybridized carbons (Fsp3) is 0.217. The maximum absolute atomic E-state index is 13.3. The summed E-state index contributed by atoms with van der Waals surface area (Å²) in [5.74, 6) is -0.171. The normalized spacial score (nSPS) is 15.6. The van der Waals surface area contributed by atoms with Crippen LogP contribution in [-0.2, 0) is 17.1 Å². The van der Waals surface area contributed by atoms with Crippen molar-refractivity contribution < 1.29 is 13.2 Å². The van der Waals surface area contributed by atoms with E-state index < -0.39 is 10.0 Å². The van der Waals surface area contributed by atoms with Gasteiger partial charge in [-0.1, -0.05) is 24.3 Å². The van der Waals surface area contributed by atoms with E-state index >= 15 is 0 Å². The van der Waals surface area contributed by atoms with Crippen LogP contribution < -0.4 is 0 Å². The van der Waals surface area contributed by atoms with Gasteiger partial charge in [-0.25, -0.2) is 8.42 Å². The minimum absolute atomic E-state index is 0.171. The van der Waals surface area contributed by atoms with E-state index in [4.69, 9.17) is 0 Å². The fourth-order valence-electron chi connectivity index (χ4n) is 4.24. The number of carbonyl (C=O) groups is 1. The highest BCUT2D eigenvalue weighted by atomic mass is 32.2. The van der Waals surface area contributed by atoms with Gasteiger partial charge >= 0.3 is 0 Å². The lowest BCUT2D eigenvalue weighted by Crippen LogP contribution is -2.50. The zero-order chi connectivity index (χ0) is 21.6. The van der Waals surface area contributed by atoms with Crippen molar-refractivity contribution in [3.63, 3.8) is 0 Å². The molecule has 1 aliphatic heterocycles. The van der Waals surface area contributed by atoms with Crippen LogP contribution in [0.2, 0.25) is 0 Å². The van der Waals surface area contributed by atoms with Crippen LogP contribution in [0.5, 0.6) is 0 Å². The minimum atomic E-state index is -3.66. The third kappa shape index (κ3) is 3.28. The van der Waals surface area contributed by atoms with Gasteiger partial charge in [0.1, 0.15) is 5.69 Å². The number of hydrogen-bond acceptors (Lipinski definition) is 4. The molecule has 1 aliphatic rings. The van der Waals surface area contributed by atoms with E-state index in [2.05, 4.69) is 9.55 Å². The predicted molar refractivity (Wildman–Crippen MR) is 119 cm³/mol. The van der Waals surface area contributed by atoms with E-state index in [9.17, 15) is 13.2 Å². The molecule has 31 heavy (non-hydrogen) atoms. The Morgan fingerprint density at radius 2 is 1.58 bits per heavy atom. The van der Waals surface area contributed by atoms with Crippen molar-refractivity contribution >= 4 is 37.7 Å². The first-order chi connectivity index (χ1) is 15.0. The number of sulfonamides is 1. The number of piperazine rings is 1. The quantitative estimate of drug-likeness (QED) is 0.497. The molecule has 0 bridgehead atoms. The van der Waals surface area contributed by atoms with Crippen LogP contribution in [0.3, 0.4) is 0 Å². The second kappa shape index (κ2) is 7.47. The van der Waals surface area contributed by atoms with Gasteiger partial charge in [-0.2, -0.15) is 4.31 Å². The summed E-state index contributed by atoms with van der Waals surface area (Å²) < 4.78 is 30.2. The summed E-state index contributed by atoms with van der Waals surface area (Å²) in [4.78, 5) is 18.6. The van der Waals surface area contributed by atoms with Crippen LogP contribution >= 0.6 is 0 Å². The van der Waals surface area contributed by atoms with Gasteiger partial charge in [0.15, 0.2) is 0 Å². The zero-order valence-electron chi connectivity index (χ0n) is 17.1. The minimum Gasteiger partial charge on any atom is -0.344 e. The number of aryl methyl sites for hydroxylation is 1. The highest BCUT2D eigenvalue weighted by Gasteiger charge is 2.31. The fourth-order valence-corrected chi connectivity index (χ4v) is 5.69. The topological polar surface area (TPSA) is 75.5 Å². The first-order valence-electron chi connectivity index (χ1n) is 10.1. The van der Waals surface area contributed by atoms with E-state index in [0.717, 1.165) is 21.8 Å². The SMILES string of the molecule is Cn1c2ccccc2c2cc(S(=O)(=O)N3CCN(C(=O)c4ccccn4)CC3)ccc21. The molecular formula is C23H22N4O3S. The Morgan fingerprint density at radius 1 is 0.871 bits per heavy atom. The molecule has 1 saturated heterocycles. The highest BCUT2D eigenvalue weighted by Crippen LogP contribution is 2.31. The number of benzene rings is 2. The van der Waals surface area contributed by atoms with Crippen molar-refractivity contribution in [2.24, 2.45) is 7.05 Å². The van der Waals surface area contributed by atoms with Crippen LogP contribution in [0.15, 0.2) is 71.8 Å². The number of carbonyl (C=O) groups excluding carboxylic acids is 1. The van der Waals surface area contributed by atoms with Gasteiger partial charge in [-0.15, -0.1) is 0 Å². The maximum Gasteiger partial charge on any atom is 0.272 e. The number of rotatable bonds is 3. The third-order valence-corrected chi connectivity index (χ3v) is 7.83. The molecule has 0 unspecified atom stereocenters. The lowest BCUT2D eigenvalue weighted by atomic mass is 10.1. The summed E-state index contributed by atoms with van der Waals surface area (Å²) in [7, 11) is -1.67. The lowest BCUT2D eigenvalue weighted by Gasteiger charge is -2.33. The predicted octanol–water partition coefficient (Wildman–Crippen LogP) is 2.87. The molecule has 0 spiro atoms. The number of nitrogens with zero attached hydrogens (tertiary/aromatic N) is 4. The monoisotopic (exact) mass is 434 g/mol. The molecule has 2 aromatic carbocycles. The van der Waals surface area contributed by atoms with Crippen LogP contribution in [0, 0.1) is 0 Å². The Morgan fingerprint density at radius 3 is 2.32 bits per heavy atom. The molecule has 2 aromatic heterocycles. The number of para-hydroxylation sites is 1. The molecule has 3 heterocycles. The average molecular weight is 435 g/mol. The highest BCUT2D eigenvalue weighted by molar-refractivity contribution is 7.89. The van der Waals surface area contributed by atoms with E-state index in [-0.39, 0.29) is 23.9 Å². The molecule has 4 aromatic rings. The Kier molecular flexibility index (Phi) is 4.75. The summed E-state index contributed by atoms with van der Waals surface area (Å²) in [5, 5.41) is 1.95. The van der Waals surface area contributed by atoms with Gasteiger partial charge in [0.05, 0.1) is 4.90 Å². The Hall–Kier alpha value is -3.23. The molecule has 1 amide bonds. The van der Waals surface area contributed by atoms with Gasteiger partial charge in [0.25, 0.3) is 5.91 Å². The van der Waals surface area contributed by atoms with Gasteiger partial charge in [-0.3, -0.25) is 9.78 Å². The van der Waals surface area contributed by atoms with Crippen molar-refractivity contribution in [3.8, 4) is 0 Å². The Labute approximate surface area is 180 Å². The molecule has 0 saturated carbocycles. The Balaban J connectivity index is 1.40. The molecule has 0 N–H and O–H groups in total. The largest absolute Gasteiger partial charge is 0.344 e. The first kappa shape index (κ1) is 19.7. The summed E-state index contributed by atoms with van der Waals surface area (Å²) in [6.07, 6.45) is 1.58. The summed E-state index contributed by atoms with van der Waals surface area (Å²) >= 11 is 0. The smallest absolute Gasteiger partial charge is 0.272 e. The van der Waals surface area contributed by atoms with Crippen molar-refractivity contribution in [2.45, 2.75) is 4.90 Å². The van der Waals surface area contributed by atoms with Crippen molar-refractivity contribution in [3.05, 3.63) is 72.6 Å². The third-order valence-electron chi connectivity index (χ3n) is 5.93. The molecular weight excluding hydrogens is 412 g/mol. The van der Waals surface area contributed by atoms with Crippen LogP contribution in [0.1, 0.15) is 10.5 Å². The molecule has 0 aliphatic carbocycles. The van der Waals surface area contributed by atoms with Gasteiger partial charge < -0.3 is 9.47 Å². The number of hydrogen-bond donors (Lipinski definition) is 0. The first-order valence-corrected chi connectivity index (χ1v) is 11.6. The van der Waals surface area contributed by atoms with Crippen LogP contribution in [0.4, 0.5) is 0 Å². The van der Waals surface area contributed by atoms with E-state index in [1.54, 1.807) is 41.4 Å². The molecule has 5 rings (SSSR count). The second-order valence-electron chi connectivity index (χ2n) is 7.67. The van der Waals surface area contributed by atoms with Crippen LogP contribution in [0.25, 0.3) is 21.8 Å². The van der Waals surface area contributed by atoms with Crippen molar-refractivity contribution in [1.82, 2.24) is 18.8 Å².